The van der Waals surface area contributed by atoms with Gasteiger partial charge in [-0.3, -0.25) is 0 Å². The topological polar surface area (TPSA) is 98.8 Å². The first-order chi connectivity index (χ1) is 18.1. The molecule has 208 valence electrons. The van der Waals surface area contributed by atoms with E-state index < -0.39 is 20.0 Å². The van der Waals surface area contributed by atoms with Crippen LogP contribution < -0.4 is 10.6 Å². The number of hydrogen-bond acceptors (Lipinski definition) is 6. The fourth-order valence-electron chi connectivity index (χ4n) is 6.13. The van der Waals surface area contributed by atoms with Gasteiger partial charge in [0.25, 0.3) is 0 Å². The highest BCUT2D eigenvalue weighted by molar-refractivity contribution is 7.89. The highest BCUT2D eigenvalue weighted by Gasteiger charge is 2.41. The van der Waals surface area contributed by atoms with Crippen LogP contribution in [-0.2, 0) is 20.0 Å². The Bertz CT molecular complexity index is 1180. The van der Waals surface area contributed by atoms with Gasteiger partial charge in [0.15, 0.2) is 0 Å². The van der Waals surface area contributed by atoms with Crippen molar-refractivity contribution < 1.29 is 16.8 Å². The first-order valence-corrected chi connectivity index (χ1v) is 16.6. The average molecular weight is 561 g/mol. The number of aryl methyl sites for hydroxylation is 2. The molecule has 8 nitrogen and oxygen atoms in total. The summed E-state index contributed by atoms with van der Waals surface area (Å²) in [6.07, 6.45) is 4.58. The minimum atomic E-state index is -3.32. The molecule has 0 spiro atoms. The largest absolute Gasteiger partial charge is 0.312 e. The van der Waals surface area contributed by atoms with E-state index in [0.29, 0.717) is 59.9 Å². The van der Waals surface area contributed by atoms with Crippen LogP contribution in [0.3, 0.4) is 0 Å². The van der Waals surface area contributed by atoms with Crippen molar-refractivity contribution in [3.8, 4) is 0 Å². The molecule has 2 N–H and O–H groups in total. The molecule has 0 saturated carbocycles. The van der Waals surface area contributed by atoms with Gasteiger partial charge in [-0.1, -0.05) is 35.4 Å². The Labute approximate surface area is 227 Å². The van der Waals surface area contributed by atoms with Crippen LogP contribution in [0.25, 0.3) is 0 Å². The minimum absolute atomic E-state index is 0.342. The van der Waals surface area contributed by atoms with Crippen LogP contribution in [0.15, 0.2) is 58.3 Å². The zero-order valence-corrected chi connectivity index (χ0v) is 24.0. The third-order valence-corrected chi connectivity index (χ3v) is 12.1. The molecular weight excluding hydrogens is 520 g/mol. The van der Waals surface area contributed by atoms with Gasteiger partial charge in [0.05, 0.1) is 9.79 Å². The number of sulfonamides is 2. The van der Waals surface area contributed by atoms with Crippen LogP contribution in [-0.4, -0.2) is 76.8 Å². The zero-order valence-electron chi connectivity index (χ0n) is 22.3. The Morgan fingerprint density at radius 1 is 0.605 bits per heavy atom. The first-order valence-electron chi connectivity index (χ1n) is 13.7. The van der Waals surface area contributed by atoms with Crippen molar-refractivity contribution in [2.24, 2.45) is 11.8 Å². The highest BCUT2D eigenvalue weighted by atomic mass is 32.2. The van der Waals surface area contributed by atoms with E-state index in [1.165, 1.54) is 0 Å². The zero-order chi connectivity index (χ0) is 26.9. The Balaban J connectivity index is 0.000000155. The molecule has 4 aliphatic rings. The van der Waals surface area contributed by atoms with Crippen LogP contribution in [0, 0.1) is 25.7 Å². The number of nitrogens with zero attached hydrogens (tertiary/aromatic N) is 2. The Morgan fingerprint density at radius 3 is 1.32 bits per heavy atom. The average Bonchev–Trinajstić information content (AvgIpc) is 3.55. The van der Waals surface area contributed by atoms with Crippen LogP contribution >= 0.6 is 0 Å². The molecule has 0 aliphatic carbocycles. The number of benzene rings is 2. The predicted octanol–water partition coefficient (Wildman–Crippen LogP) is 2.74. The van der Waals surface area contributed by atoms with Crippen molar-refractivity contribution in [2.45, 2.75) is 61.4 Å². The van der Waals surface area contributed by atoms with Crippen molar-refractivity contribution in [3.63, 3.8) is 0 Å². The van der Waals surface area contributed by atoms with Crippen molar-refractivity contribution >= 4 is 20.0 Å². The van der Waals surface area contributed by atoms with Gasteiger partial charge in [-0.15, -0.1) is 0 Å². The van der Waals surface area contributed by atoms with Crippen LogP contribution in [0.4, 0.5) is 0 Å². The predicted molar refractivity (Wildman–Crippen MR) is 149 cm³/mol. The maximum atomic E-state index is 12.6. The van der Waals surface area contributed by atoms with Crippen LogP contribution in [0.5, 0.6) is 0 Å². The van der Waals surface area contributed by atoms with Gasteiger partial charge in [0, 0.05) is 38.3 Å². The number of rotatable bonds is 4. The van der Waals surface area contributed by atoms with Gasteiger partial charge in [-0.2, -0.15) is 8.61 Å². The SMILES string of the molecule is Cc1ccc(S(=O)(=O)N2CC3CCCNC3C2)cc1.Cc1ccc(S(=O)(=O)N2C[C@H]3CCCN[C@H]3C2)cc1. The summed E-state index contributed by atoms with van der Waals surface area (Å²) in [7, 11) is -6.64. The molecule has 4 fully saturated rings. The lowest BCUT2D eigenvalue weighted by atomic mass is 9.94. The summed E-state index contributed by atoms with van der Waals surface area (Å²) in [6.45, 7) is 8.50. The molecule has 6 rings (SSSR count). The molecule has 0 bridgehead atoms. The van der Waals surface area contributed by atoms with E-state index in [1.807, 2.05) is 38.1 Å². The van der Waals surface area contributed by atoms with Gasteiger partial charge in [0.1, 0.15) is 0 Å². The molecule has 2 aromatic carbocycles. The fourth-order valence-corrected chi connectivity index (χ4v) is 9.17. The third-order valence-electron chi connectivity index (χ3n) is 8.45. The lowest BCUT2D eigenvalue weighted by Crippen LogP contribution is -2.41. The van der Waals surface area contributed by atoms with E-state index in [1.54, 1.807) is 32.9 Å². The summed E-state index contributed by atoms with van der Waals surface area (Å²) < 4.78 is 53.6. The van der Waals surface area contributed by atoms with Gasteiger partial charge in [0.2, 0.25) is 20.0 Å². The Kier molecular flexibility index (Phi) is 8.28. The van der Waals surface area contributed by atoms with E-state index in [2.05, 4.69) is 10.6 Å². The molecular formula is C28H40N4O4S2. The monoisotopic (exact) mass is 560 g/mol. The summed E-state index contributed by atoms with van der Waals surface area (Å²) >= 11 is 0. The van der Waals surface area contributed by atoms with Crippen molar-refractivity contribution in [3.05, 3.63) is 59.7 Å². The van der Waals surface area contributed by atoms with Crippen LogP contribution in [0.2, 0.25) is 0 Å². The molecule has 0 aromatic heterocycles. The molecule has 4 atom stereocenters. The molecule has 0 amide bonds. The summed E-state index contributed by atoms with van der Waals surface area (Å²) in [5, 5.41) is 6.88. The molecule has 38 heavy (non-hydrogen) atoms. The van der Waals surface area contributed by atoms with E-state index in [4.69, 9.17) is 0 Å². The van der Waals surface area contributed by atoms with Crippen LogP contribution in [0.1, 0.15) is 36.8 Å². The quantitative estimate of drug-likeness (QED) is 0.597. The third kappa shape index (κ3) is 5.85. The van der Waals surface area contributed by atoms with Crippen molar-refractivity contribution in [1.29, 1.82) is 0 Å². The van der Waals surface area contributed by atoms with Gasteiger partial charge < -0.3 is 10.6 Å². The highest BCUT2D eigenvalue weighted by Crippen LogP contribution is 2.30. The second-order valence-electron chi connectivity index (χ2n) is 11.2. The van der Waals surface area contributed by atoms with E-state index in [-0.39, 0.29) is 0 Å². The van der Waals surface area contributed by atoms with Gasteiger partial charge >= 0.3 is 0 Å². The second kappa shape index (κ2) is 11.3. The van der Waals surface area contributed by atoms with E-state index in [0.717, 1.165) is 49.9 Å². The molecule has 4 heterocycles. The molecule has 4 aliphatic heterocycles. The van der Waals surface area contributed by atoms with Gasteiger partial charge in [-0.05, 0) is 88.7 Å². The van der Waals surface area contributed by atoms with E-state index in [9.17, 15) is 16.8 Å². The molecule has 4 saturated heterocycles. The van der Waals surface area contributed by atoms with Crippen molar-refractivity contribution in [2.75, 3.05) is 39.3 Å². The Hall–Kier alpha value is -1.82. The molecule has 2 unspecified atom stereocenters. The lowest BCUT2D eigenvalue weighted by molar-refractivity contribution is 0.339. The standard InChI is InChI=1S/2C14H20N2O2S/c2*1-11-4-6-13(7-5-11)19(17,18)16-9-12-3-2-8-15-14(12)10-16/h2*4-7,12,14-15H,2-3,8-10H2,1H3/t12-,14+;/m1./s1. The second-order valence-corrected chi connectivity index (χ2v) is 15.1. The summed E-state index contributed by atoms with van der Waals surface area (Å²) in [4.78, 5) is 0.827. The Morgan fingerprint density at radius 2 is 0.974 bits per heavy atom. The van der Waals surface area contributed by atoms with Gasteiger partial charge in [-0.25, -0.2) is 16.8 Å². The molecule has 2 aromatic rings. The number of hydrogen-bond donors (Lipinski definition) is 2. The maximum Gasteiger partial charge on any atom is 0.243 e. The minimum Gasteiger partial charge on any atom is -0.312 e. The molecule has 10 heteroatoms. The lowest BCUT2D eigenvalue weighted by Gasteiger charge is -2.24. The number of piperidine rings is 2. The fraction of sp³-hybridized carbons (Fsp3) is 0.571. The van der Waals surface area contributed by atoms with Crippen molar-refractivity contribution in [1.82, 2.24) is 19.2 Å². The number of fused-ring (bicyclic) bond motifs is 2. The smallest absolute Gasteiger partial charge is 0.243 e. The molecule has 0 radical (unpaired) electrons. The first kappa shape index (κ1) is 27.7. The summed E-state index contributed by atoms with van der Waals surface area (Å²) in [5.74, 6) is 0.961. The summed E-state index contributed by atoms with van der Waals surface area (Å²) in [5.41, 5.74) is 2.16. The maximum absolute atomic E-state index is 12.6. The van der Waals surface area contributed by atoms with E-state index >= 15 is 0 Å². The number of nitrogens with one attached hydrogen (secondary N) is 2. The normalized spacial score (nSPS) is 28.3. The summed E-state index contributed by atoms with van der Waals surface area (Å²) in [6, 6.07) is 14.9.